The zero-order chi connectivity index (χ0) is 20.8. The number of hydrogen-bond acceptors (Lipinski definition) is 6. The second-order valence-corrected chi connectivity index (χ2v) is 6.11. The fourth-order valence-electron chi connectivity index (χ4n) is 2.77. The molecule has 0 aliphatic heterocycles. The molecule has 2 N–H and O–H groups in total. The molecule has 0 unspecified atom stereocenters. The number of aromatic hydroxyl groups is 1. The van der Waals surface area contributed by atoms with E-state index in [1.165, 1.54) is 18.2 Å². The van der Waals surface area contributed by atoms with Crippen LogP contribution in [0.25, 0.3) is 10.8 Å². The number of phenols is 1. The van der Waals surface area contributed by atoms with E-state index in [2.05, 4.69) is 5.32 Å². The maximum Gasteiger partial charge on any atom is 0.342 e. The molecule has 0 bridgehead atoms. The van der Waals surface area contributed by atoms with Crippen LogP contribution in [0, 0.1) is 0 Å². The molecule has 0 fully saturated rings. The van der Waals surface area contributed by atoms with E-state index in [0.29, 0.717) is 0 Å². The minimum absolute atomic E-state index is 0.0385. The molecular weight excluding hydrogens is 374 g/mol. The van der Waals surface area contributed by atoms with E-state index >= 15 is 0 Å². The smallest absolute Gasteiger partial charge is 0.342 e. The summed E-state index contributed by atoms with van der Waals surface area (Å²) in [4.78, 5) is 36.4. The number of esters is 2. The largest absolute Gasteiger partial charge is 0.507 e. The number of rotatable bonds is 6. The summed E-state index contributed by atoms with van der Waals surface area (Å²) in [6.07, 6.45) is 0. The molecule has 0 aromatic heterocycles. The number of nitrogens with one attached hydrogen (secondary N) is 1. The molecular formula is C22H19NO6. The Labute approximate surface area is 166 Å². The van der Waals surface area contributed by atoms with Gasteiger partial charge in [-0.25, -0.2) is 9.59 Å². The van der Waals surface area contributed by atoms with Crippen molar-refractivity contribution in [2.24, 2.45) is 0 Å². The van der Waals surface area contributed by atoms with Gasteiger partial charge >= 0.3 is 11.9 Å². The Kier molecular flexibility index (Phi) is 6.09. The van der Waals surface area contributed by atoms with E-state index in [-0.39, 0.29) is 29.2 Å². The standard InChI is InChI=1S/C22H19NO6/c1-2-28-21(26)16-9-5-6-10-18(16)23-20(25)13-29-22(27)17-11-14-7-3-4-8-15(14)12-19(17)24/h3-12,24H,2,13H2,1H3,(H,23,25). The Morgan fingerprint density at radius 1 is 0.862 bits per heavy atom. The van der Waals surface area contributed by atoms with Crippen LogP contribution in [0.3, 0.4) is 0 Å². The third kappa shape index (κ3) is 4.70. The number of phenolic OH excluding ortho intramolecular Hbond substituents is 1. The Bertz CT molecular complexity index is 1080. The van der Waals surface area contributed by atoms with Gasteiger partial charge in [-0.05, 0) is 42.0 Å². The Hall–Kier alpha value is -3.87. The summed E-state index contributed by atoms with van der Waals surface area (Å²) in [6.45, 7) is 1.30. The number of amides is 1. The van der Waals surface area contributed by atoms with Crippen molar-refractivity contribution >= 4 is 34.3 Å². The molecule has 7 heteroatoms. The lowest BCUT2D eigenvalue weighted by atomic mass is 10.1. The molecule has 0 saturated carbocycles. The van der Waals surface area contributed by atoms with Crippen LogP contribution in [-0.2, 0) is 14.3 Å². The van der Waals surface area contributed by atoms with Gasteiger partial charge in [0.05, 0.1) is 17.9 Å². The van der Waals surface area contributed by atoms with Crippen molar-refractivity contribution in [3.63, 3.8) is 0 Å². The van der Waals surface area contributed by atoms with E-state index in [9.17, 15) is 19.5 Å². The van der Waals surface area contributed by atoms with Crippen molar-refractivity contribution in [1.29, 1.82) is 0 Å². The molecule has 3 rings (SSSR count). The molecule has 0 spiro atoms. The van der Waals surface area contributed by atoms with Crippen LogP contribution in [0.15, 0.2) is 60.7 Å². The maximum atomic E-state index is 12.3. The van der Waals surface area contributed by atoms with Crippen molar-refractivity contribution in [3.8, 4) is 5.75 Å². The molecule has 148 valence electrons. The van der Waals surface area contributed by atoms with Gasteiger partial charge in [-0.3, -0.25) is 4.79 Å². The van der Waals surface area contributed by atoms with E-state index < -0.39 is 24.5 Å². The zero-order valence-corrected chi connectivity index (χ0v) is 15.7. The lowest BCUT2D eigenvalue weighted by Gasteiger charge is -2.11. The molecule has 1 amide bonds. The summed E-state index contributed by atoms with van der Waals surface area (Å²) in [6, 6.07) is 16.5. The molecule has 0 aliphatic rings. The average Bonchev–Trinajstić information content (AvgIpc) is 2.72. The number of ether oxygens (including phenoxy) is 2. The fourth-order valence-corrected chi connectivity index (χ4v) is 2.77. The maximum absolute atomic E-state index is 12.3. The Morgan fingerprint density at radius 2 is 1.48 bits per heavy atom. The molecule has 0 radical (unpaired) electrons. The third-order valence-electron chi connectivity index (χ3n) is 4.11. The topological polar surface area (TPSA) is 102 Å². The lowest BCUT2D eigenvalue weighted by molar-refractivity contribution is -0.119. The first-order valence-electron chi connectivity index (χ1n) is 8.94. The third-order valence-corrected chi connectivity index (χ3v) is 4.11. The first-order chi connectivity index (χ1) is 14.0. The monoisotopic (exact) mass is 393 g/mol. The molecule has 3 aromatic rings. The van der Waals surface area contributed by atoms with E-state index in [1.54, 1.807) is 37.3 Å². The summed E-state index contributed by atoms with van der Waals surface area (Å²) < 4.78 is 9.96. The van der Waals surface area contributed by atoms with Crippen LogP contribution in [0.5, 0.6) is 5.75 Å². The van der Waals surface area contributed by atoms with E-state index in [4.69, 9.17) is 9.47 Å². The minimum Gasteiger partial charge on any atom is -0.507 e. The number of benzene rings is 3. The van der Waals surface area contributed by atoms with Gasteiger partial charge in [-0.1, -0.05) is 36.4 Å². The van der Waals surface area contributed by atoms with Gasteiger partial charge in [0.2, 0.25) is 0 Å². The highest BCUT2D eigenvalue weighted by Gasteiger charge is 2.17. The first kappa shape index (κ1) is 19.9. The van der Waals surface area contributed by atoms with Crippen molar-refractivity contribution in [1.82, 2.24) is 0 Å². The normalized spacial score (nSPS) is 10.4. The number of anilines is 1. The number of carbonyl (C=O) groups is 3. The highest BCUT2D eigenvalue weighted by Crippen LogP contribution is 2.25. The number of para-hydroxylation sites is 1. The van der Waals surface area contributed by atoms with Gasteiger partial charge in [0.15, 0.2) is 6.61 Å². The highest BCUT2D eigenvalue weighted by molar-refractivity contribution is 6.03. The van der Waals surface area contributed by atoms with Crippen LogP contribution < -0.4 is 5.32 Å². The second kappa shape index (κ2) is 8.88. The molecule has 7 nitrogen and oxygen atoms in total. The Morgan fingerprint density at radius 3 is 2.21 bits per heavy atom. The molecule has 0 heterocycles. The second-order valence-electron chi connectivity index (χ2n) is 6.11. The van der Waals surface area contributed by atoms with Gasteiger partial charge in [0.1, 0.15) is 11.3 Å². The highest BCUT2D eigenvalue weighted by atomic mass is 16.5. The van der Waals surface area contributed by atoms with Gasteiger partial charge in [0.25, 0.3) is 5.91 Å². The Balaban J connectivity index is 1.67. The summed E-state index contributed by atoms with van der Waals surface area (Å²) in [5.41, 5.74) is 0.408. The summed E-state index contributed by atoms with van der Waals surface area (Å²) in [7, 11) is 0. The number of carbonyl (C=O) groups excluding carboxylic acids is 3. The van der Waals surface area contributed by atoms with Crippen LogP contribution in [0.1, 0.15) is 27.6 Å². The van der Waals surface area contributed by atoms with Crippen molar-refractivity contribution in [2.75, 3.05) is 18.5 Å². The number of fused-ring (bicyclic) bond motifs is 1. The van der Waals surface area contributed by atoms with Crippen LogP contribution in [0.2, 0.25) is 0 Å². The molecule has 0 aliphatic carbocycles. The van der Waals surface area contributed by atoms with Gasteiger partial charge in [0, 0.05) is 0 Å². The predicted molar refractivity (Wildman–Crippen MR) is 107 cm³/mol. The van der Waals surface area contributed by atoms with Gasteiger partial charge in [-0.2, -0.15) is 0 Å². The van der Waals surface area contributed by atoms with Crippen molar-refractivity contribution < 1.29 is 29.0 Å². The summed E-state index contributed by atoms with van der Waals surface area (Å²) in [5.74, 6) is -2.26. The average molecular weight is 393 g/mol. The lowest BCUT2D eigenvalue weighted by Crippen LogP contribution is -2.22. The molecule has 0 atom stereocenters. The van der Waals surface area contributed by atoms with Gasteiger partial charge < -0.3 is 19.9 Å². The molecule has 3 aromatic carbocycles. The minimum atomic E-state index is -0.831. The summed E-state index contributed by atoms with van der Waals surface area (Å²) >= 11 is 0. The molecule has 29 heavy (non-hydrogen) atoms. The summed E-state index contributed by atoms with van der Waals surface area (Å²) in [5, 5.41) is 14.1. The fraction of sp³-hybridized carbons (Fsp3) is 0.136. The van der Waals surface area contributed by atoms with Crippen molar-refractivity contribution in [2.45, 2.75) is 6.92 Å². The quantitative estimate of drug-likeness (QED) is 0.622. The zero-order valence-electron chi connectivity index (χ0n) is 15.7. The predicted octanol–water partition coefficient (Wildman–Crippen LogP) is 3.52. The van der Waals surface area contributed by atoms with Crippen LogP contribution in [-0.4, -0.2) is 36.2 Å². The van der Waals surface area contributed by atoms with Crippen LogP contribution in [0.4, 0.5) is 5.69 Å². The van der Waals surface area contributed by atoms with Crippen molar-refractivity contribution in [3.05, 3.63) is 71.8 Å². The van der Waals surface area contributed by atoms with E-state index in [1.807, 2.05) is 12.1 Å². The first-order valence-corrected chi connectivity index (χ1v) is 8.94. The SMILES string of the molecule is CCOC(=O)c1ccccc1NC(=O)COC(=O)c1cc2ccccc2cc1O. The van der Waals surface area contributed by atoms with Gasteiger partial charge in [-0.15, -0.1) is 0 Å². The van der Waals surface area contributed by atoms with E-state index in [0.717, 1.165) is 10.8 Å². The number of hydrogen-bond donors (Lipinski definition) is 2. The van der Waals surface area contributed by atoms with Crippen LogP contribution >= 0.6 is 0 Å². The molecule has 0 saturated heterocycles.